The molecule has 138 valence electrons. The van der Waals surface area contributed by atoms with E-state index in [1.807, 2.05) is 30.3 Å². The molecule has 3 aromatic rings. The maximum Gasteiger partial charge on any atom is 0.338 e. The van der Waals surface area contributed by atoms with Crippen molar-refractivity contribution in [3.05, 3.63) is 83.8 Å². The third-order valence-corrected chi connectivity index (χ3v) is 4.81. The highest BCUT2D eigenvalue weighted by molar-refractivity contribution is 7.98. The first-order valence-electron chi connectivity index (χ1n) is 8.50. The topological polar surface area (TPSA) is 68.5 Å². The van der Waals surface area contributed by atoms with Crippen molar-refractivity contribution in [2.45, 2.75) is 17.6 Å². The van der Waals surface area contributed by atoms with Crippen molar-refractivity contribution in [2.24, 2.45) is 0 Å². The molecule has 0 radical (unpaired) electrons. The second-order valence-corrected chi connectivity index (χ2v) is 6.68. The number of carbonyl (C=O) groups excluding carboxylic acids is 2. The molecule has 0 saturated heterocycles. The zero-order chi connectivity index (χ0) is 19.1. The lowest BCUT2D eigenvalue weighted by Gasteiger charge is -2.07. The lowest BCUT2D eigenvalue weighted by atomic mass is 10.2. The first-order chi connectivity index (χ1) is 13.2. The van der Waals surface area contributed by atoms with Crippen molar-refractivity contribution in [2.75, 3.05) is 11.9 Å². The fraction of sp³-hybridized carbons (Fsp3) is 0.143. The molecule has 1 amide bonds. The minimum Gasteiger partial charge on any atom is -0.462 e. The second-order valence-electron chi connectivity index (χ2n) is 5.63. The lowest BCUT2D eigenvalue weighted by Crippen LogP contribution is -2.13. The summed E-state index contributed by atoms with van der Waals surface area (Å²) in [7, 11) is 0. The zero-order valence-corrected chi connectivity index (χ0v) is 15.6. The smallest absolute Gasteiger partial charge is 0.338 e. The summed E-state index contributed by atoms with van der Waals surface area (Å²) in [5.41, 5.74) is 1.84. The number of ether oxygens (including phenoxy) is 1. The number of carbonyl (C=O) groups is 2. The van der Waals surface area contributed by atoms with E-state index in [0.717, 1.165) is 10.5 Å². The predicted molar refractivity (Wildman–Crippen MR) is 105 cm³/mol. The van der Waals surface area contributed by atoms with Crippen molar-refractivity contribution < 1.29 is 18.7 Å². The third-order valence-electron chi connectivity index (χ3n) is 3.74. The summed E-state index contributed by atoms with van der Waals surface area (Å²) in [6.07, 6.45) is 1.51. The van der Waals surface area contributed by atoms with Crippen LogP contribution in [-0.4, -0.2) is 18.5 Å². The average molecular weight is 381 g/mol. The molecular weight excluding hydrogens is 362 g/mol. The molecule has 0 aliphatic rings. The summed E-state index contributed by atoms with van der Waals surface area (Å²) in [4.78, 5) is 25.3. The molecule has 0 aliphatic carbocycles. The van der Waals surface area contributed by atoms with E-state index in [1.165, 1.54) is 6.26 Å². The zero-order valence-electron chi connectivity index (χ0n) is 14.8. The van der Waals surface area contributed by atoms with Crippen LogP contribution < -0.4 is 5.32 Å². The molecule has 0 aliphatic heterocycles. The Morgan fingerprint density at radius 1 is 1.04 bits per heavy atom. The predicted octanol–water partition coefficient (Wildman–Crippen LogP) is 5.00. The molecule has 6 heteroatoms. The number of rotatable bonds is 7. The van der Waals surface area contributed by atoms with Crippen LogP contribution in [0, 0.1) is 0 Å². The Hall–Kier alpha value is -2.99. The Morgan fingerprint density at radius 3 is 2.48 bits per heavy atom. The summed E-state index contributed by atoms with van der Waals surface area (Å²) < 4.78 is 10.3. The number of thioether (sulfide) groups is 1. The monoisotopic (exact) mass is 381 g/mol. The fourth-order valence-electron chi connectivity index (χ4n) is 2.42. The Kier molecular flexibility index (Phi) is 6.33. The fourth-order valence-corrected chi connectivity index (χ4v) is 3.32. The molecule has 3 rings (SSSR count). The van der Waals surface area contributed by atoms with E-state index in [0.29, 0.717) is 23.6 Å². The van der Waals surface area contributed by atoms with Crippen LogP contribution in [0.15, 0.2) is 76.2 Å². The highest BCUT2D eigenvalue weighted by Gasteiger charge is 2.16. The van der Waals surface area contributed by atoms with Gasteiger partial charge in [-0.15, -0.1) is 11.8 Å². The van der Waals surface area contributed by atoms with Gasteiger partial charge in [0, 0.05) is 21.9 Å². The molecule has 0 atom stereocenters. The number of esters is 1. The molecule has 1 N–H and O–H groups in total. The number of furan rings is 1. The van der Waals surface area contributed by atoms with Crippen LogP contribution >= 0.6 is 11.8 Å². The van der Waals surface area contributed by atoms with Gasteiger partial charge in [0.15, 0.2) is 5.76 Å². The van der Waals surface area contributed by atoms with Crippen LogP contribution in [-0.2, 0) is 10.5 Å². The Bertz CT molecular complexity index is 903. The highest BCUT2D eigenvalue weighted by Crippen LogP contribution is 2.25. The number of amides is 1. The average Bonchev–Trinajstić information content (AvgIpc) is 3.17. The maximum absolute atomic E-state index is 12.5. The summed E-state index contributed by atoms with van der Waals surface area (Å²) in [5.74, 6) is 0.201. The van der Waals surface area contributed by atoms with E-state index >= 15 is 0 Å². The standard InChI is InChI=1S/C21H19NO4S/c1-2-25-21(24)15-8-10-17(11-9-15)22-20(23)19-16(12-13-26-19)14-27-18-6-4-3-5-7-18/h3-13H,2,14H2,1H3,(H,22,23). The molecular formula is C21H19NO4S. The molecule has 0 unspecified atom stereocenters. The van der Waals surface area contributed by atoms with Crippen LogP contribution in [0.5, 0.6) is 0 Å². The van der Waals surface area contributed by atoms with E-state index in [9.17, 15) is 9.59 Å². The van der Waals surface area contributed by atoms with Crippen molar-refractivity contribution in [1.29, 1.82) is 0 Å². The maximum atomic E-state index is 12.5. The number of benzene rings is 2. The van der Waals surface area contributed by atoms with Gasteiger partial charge in [0.1, 0.15) is 0 Å². The van der Waals surface area contributed by atoms with Gasteiger partial charge in [-0.05, 0) is 49.4 Å². The lowest BCUT2D eigenvalue weighted by molar-refractivity contribution is 0.0526. The summed E-state index contributed by atoms with van der Waals surface area (Å²) in [5, 5.41) is 2.79. The summed E-state index contributed by atoms with van der Waals surface area (Å²) >= 11 is 1.63. The molecule has 1 heterocycles. The minimum absolute atomic E-state index is 0.285. The minimum atomic E-state index is -0.387. The van der Waals surface area contributed by atoms with Gasteiger partial charge >= 0.3 is 5.97 Å². The van der Waals surface area contributed by atoms with E-state index in [1.54, 1.807) is 49.0 Å². The molecule has 27 heavy (non-hydrogen) atoms. The van der Waals surface area contributed by atoms with Gasteiger partial charge in [-0.2, -0.15) is 0 Å². The molecule has 0 fully saturated rings. The van der Waals surface area contributed by atoms with Crippen LogP contribution in [0.3, 0.4) is 0 Å². The number of anilines is 1. The SMILES string of the molecule is CCOC(=O)c1ccc(NC(=O)c2occc2CSc2ccccc2)cc1. The van der Waals surface area contributed by atoms with Gasteiger partial charge in [-0.3, -0.25) is 4.79 Å². The second kappa shape index (κ2) is 9.09. The van der Waals surface area contributed by atoms with Crippen LogP contribution in [0.1, 0.15) is 33.4 Å². The number of nitrogens with one attached hydrogen (secondary N) is 1. The van der Waals surface area contributed by atoms with Crippen molar-refractivity contribution >= 4 is 29.3 Å². The van der Waals surface area contributed by atoms with E-state index < -0.39 is 0 Å². The molecule has 0 saturated carbocycles. The van der Waals surface area contributed by atoms with Gasteiger partial charge in [0.2, 0.25) is 0 Å². The number of hydrogen-bond donors (Lipinski definition) is 1. The quantitative estimate of drug-likeness (QED) is 0.461. The van der Waals surface area contributed by atoms with E-state index in [2.05, 4.69) is 5.32 Å². The van der Waals surface area contributed by atoms with Gasteiger partial charge in [0.25, 0.3) is 5.91 Å². The first kappa shape index (κ1) is 18.8. The molecule has 1 aromatic heterocycles. The largest absolute Gasteiger partial charge is 0.462 e. The van der Waals surface area contributed by atoms with Gasteiger partial charge in [-0.25, -0.2) is 4.79 Å². The van der Waals surface area contributed by atoms with Crippen LogP contribution in [0.25, 0.3) is 0 Å². The van der Waals surface area contributed by atoms with Crippen molar-refractivity contribution in [3.8, 4) is 0 Å². The highest BCUT2D eigenvalue weighted by atomic mass is 32.2. The molecule has 2 aromatic carbocycles. The van der Waals surface area contributed by atoms with Crippen LogP contribution in [0.4, 0.5) is 5.69 Å². The number of hydrogen-bond acceptors (Lipinski definition) is 5. The van der Waals surface area contributed by atoms with Crippen LogP contribution in [0.2, 0.25) is 0 Å². The summed E-state index contributed by atoms with van der Waals surface area (Å²) in [6.45, 7) is 2.07. The van der Waals surface area contributed by atoms with E-state index in [4.69, 9.17) is 9.15 Å². The Morgan fingerprint density at radius 2 is 1.78 bits per heavy atom. The van der Waals surface area contributed by atoms with Crippen molar-refractivity contribution in [1.82, 2.24) is 0 Å². The molecule has 0 bridgehead atoms. The Balaban J connectivity index is 1.63. The normalized spacial score (nSPS) is 10.4. The van der Waals surface area contributed by atoms with Gasteiger partial charge in [0.05, 0.1) is 18.4 Å². The van der Waals surface area contributed by atoms with Gasteiger partial charge < -0.3 is 14.5 Å². The summed E-state index contributed by atoms with van der Waals surface area (Å²) in [6, 6.07) is 18.3. The third kappa shape index (κ3) is 5.01. The molecule has 5 nitrogen and oxygen atoms in total. The van der Waals surface area contributed by atoms with Crippen molar-refractivity contribution in [3.63, 3.8) is 0 Å². The van der Waals surface area contributed by atoms with Gasteiger partial charge in [-0.1, -0.05) is 18.2 Å². The first-order valence-corrected chi connectivity index (χ1v) is 9.48. The van der Waals surface area contributed by atoms with E-state index in [-0.39, 0.29) is 17.6 Å². The molecule has 0 spiro atoms. The Labute approximate surface area is 161 Å².